The lowest BCUT2D eigenvalue weighted by Crippen LogP contribution is -2.15. The smallest absolute Gasteiger partial charge is 0.272 e. The number of aromatic nitrogens is 4. The van der Waals surface area contributed by atoms with Crippen molar-refractivity contribution in [1.29, 1.82) is 0 Å². The van der Waals surface area contributed by atoms with Gasteiger partial charge in [-0.05, 0) is 25.0 Å². The lowest BCUT2D eigenvalue weighted by molar-refractivity contribution is 0.771. The first-order valence-corrected chi connectivity index (χ1v) is 5.43. The van der Waals surface area contributed by atoms with Gasteiger partial charge in [0.1, 0.15) is 0 Å². The average Bonchev–Trinajstić information content (AvgIpc) is 3.04. The van der Waals surface area contributed by atoms with Crippen LogP contribution in [0.4, 0.5) is 0 Å². The van der Waals surface area contributed by atoms with Crippen LogP contribution in [0.5, 0.6) is 0 Å². The molecule has 1 saturated carbocycles. The SMILES string of the molecule is O=c1cc(C2CC2)[nH]n1-c1ccc(Cl)nn1. The molecule has 0 aromatic carbocycles. The van der Waals surface area contributed by atoms with E-state index in [-0.39, 0.29) is 5.56 Å². The van der Waals surface area contributed by atoms with E-state index in [4.69, 9.17) is 11.6 Å². The molecule has 0 saturated heterocycles. The third kappa shape index (κ3) is 1.63. The van der Waals surface area contributed by atoms with E-state index in [9.17, 15) is 4.79 Å². The minimum Gasteiger partial charge on any atom is -0.293 e. The Hall–Kier alpha value is -1.62. The number of nitrogens with one attached hydrogen (secondary N) is 1. The predicted molar refractivity (Wildman–Crippen MR) is 59.0 cm³/mol. The van der Waals surface area contributed by atoms with Gasteiger partial charge in [0.2, 0.25) is 0 Å². The normalized spacial score (nSPS) is 15.3. The monoisotopic (exact) mass is 236 g/mol. The van der Waals surface area contributed by atoms with E-state index in [1.54, 1.807) is 18.2 Å². The molecule has 2 aromatic heterocycles. The molecule has 0 bridgehead atoms. The maximum Gasteiger partial charge on any atom is 0.272 e. The fourth-order valence-corrected chi connectivity index (χ4v) is 1.72. The number of hydrogen-bond acceptors (Lipinski definition) is 3. The molecule has 0 spiro atoms. The molecule has 1 aliphatic carbocycles. The maximum atomic E-state index is 11.7. The van der Waals surface area contributed by atoms with E-state index in [1.165, 1.54) is 4.68 Å². The number of aromatic amines is 1. The third-order valence-corrected chi connectivity index (χ3v) is 2.81. The van der Waals surface area contributed by atoms with E-state index >= 15 is 0 Å². The molecule has 0 atom stereocenters. The lowest BCUT2D eigenvalue weighted by Gasteiger charge is -1.99. The molecule has 0 aliphatic heterocycles. The fraction of sp³-hybridized carbons (Fsp3) is 0.300. The second kappa shape index (κ2) is 3.45. The Morgan fingerprint density at radius 2 is 2.19 bits per heavy atom. The maximum absolute atomic E-state index is 11.7. The minimum atomic E-state index is -0.112. The zero-order valence-electron chi connectivity index (χ0n) is 8.35. The Bertz CT molecular complexity index is 567. The van der Waals surface area contributed by atoms with Crippen LogP contribution in [-0.4, -0.2) is 20.0 Å². The molecule has 1 fully saturated rings. The molecule has 0 unspecified atom stereocenters. The van der Waals surface area contributed by atoms with Gasteiger partial charge in [0, 0.05) is 17.7 Å². The predicted octanol–water partition coefficient (Wildman–Crippen LogP) is 1.49. The largest absolute Gasteiger partial charge is 0.293 e. The summed E-state index contributed by atoms with van der Waals surface area (Å²) >= 11 is 5.63. The third-order valence-electron chi connectivity index (χ3n) is 2.60. The topological polar surface area (TPSA) is 63.6 Å². The van der Waals surface area contributed by atoms with Crippen molar-refractivity contribution in [2.45, 2.75) is 18.8 Å². The summed E-state index contributed by atoms with van der Waals surface area (Å²) < 4.78 is 1.39. The molecule has 2 heterocycles. The Labute approximate surface area is 96.1 Å². The molecule has 5 nitrogen and oxygen atoms in total. The molecule has 0 amide bonds. The van der Waals surface area contributed by atoms with E-state index in [0.717, 1.165) is 18.5 Å². The van der Waals surface area contributed by atoms with E-state index in [2.05, 4.69) is 15.3 Å². The first-order chi connectivity index (χ1) is 7.74. The van der Waals surface area contributed by atoms with Gasteiger partial charge in [0.05, 0.1) is 0 Å². The molecule has 2 aromatic rings. The molecule has 16 heavy (non-hydrogen) atoms. The molecule has 6 heteroatoms. The van der Waals surface area contributed by atoms with Gasteiger partial charge in [-0.2, -0.15) is 4.68 Å². The summed E-state index contributed by atoms with van der Waals surface area (Å²) in [6, 6.07) is 4.88. The van der Waals surface area contributed by atoms with Gasteiger partial charge in [-0.3, -0.25) is 9.89 Å². The van der Waals surface area contributed by atoms with Crippen molar-refractivity contribution in [3.05, 3.63) is 39.4 Å². The number of rotatable bonds is 2. The molecule has 3 rings (SSSR count). The number of H-pyrrole nitrogens is 1. The highest BCUT2D eigenvalue weighted by Crippen LogP contribution is 2.38. The van der Waals surface area contributed by atoms with Crippen molar-refractivity contribution >= 4 is 11.6 Å². The van der Waals surface area contributed by atoms with Gasteiger partial charge in [0.15, 0.2) is 11.0 Å². The summed E-state index contributed by atoms with van der Waals surface area (Å²) in [4.78, 5) is 11.7. The average molecular weight is 237 g/mol. The quantitative estimate of drug-likeness (QED) is 0.859. The number of hydrogen-bond donors (Lipinski definition) is 1. The Morgan fingerprint density at radius 1 is 1.38 bits per heavy atom. The standard InChI is InChI=1S/C10H9ClN4O/c11-8-3-4-9(13-12-8)15-10(16)5-7(14-15)6-1-2-6/h3-6,14H,1-2H2. The van der Waals surface area contributed by atoms with Crippen molar-refractivity contribution < 1.29 is 0 Å². The summed E-state index contributed by atoms with van der Waals surface area (Å²) in [7, 11) is 0. The van der Waals surface area contributed by atoms with Gasteiger partial charge < -0.3 is 0 Å². The lowest BCUT2D eigenvalue weighted by atomic mass is 10.3. The van der Waals surface area contributed by atoms with Gasteiger partial charge in [-0.1, -0.05) is 11.6 Å². The number of nitrogens with zero attached hydrogens (tertiary/aromatic N) is 3. The van der Waals surface area contributed by atoms with Crippen LogP contribution >= 0.6 is 11.6 Å². The summed E-state index contributed by atoms with van der Waals surface area (Å²) in [6.45, 7) is 0. The highest BCUT2D eigenvalue weighted by atomic mass is 35.5. The van der Waals surface area contributed by atoms with Crippen molar-refractivity contribution in [2.24, 2.45) is 0 Å². The summed E-state index contributed by atoms with van der Waals surface area (Å²) in [6.07, 6.45) is 2.29. The summed E-state index contributed by atoms with van der Waals surface area (Å²) in [5.74, 6) is 0.968. The zero-order chi connectivity index (χ0) is 11.1. The van der Waals surface area contributed by atoms with Crippen LogP contribution in [0.15, 0.2) is 23.0 Å². The van der Waals surface area contributed by atoms with Crippen LogP contribution in [0.2, 0.25) is 5.15 Å². The second-order valence-corrected chi connectivity index (χ2v) is 4.26. The first kappa shape index (κ1) is 9.59. The van der Waals surface area contributed by atoms with Gasteiger partial charge in [-0.15, -0.1) is 10.2 Å². The Balaban J connectivity index is 2.05. The molecule has 82 valence electrons. The van der Waals surface area contributed by atoms with Crippen molar-refractivity contribution in [3.8, 4) is 5.82 Å². The van der Waals surface area contributed by atoms with Crippen LogP contribution in [-0.2, 0) is 0 Å². The van der Waals surface area contributed by atoms with Crippen LogP contribution in [0.25, 0.3) is 5.82 Å². The van der Waals surface area contributed by atoms with E-state index < -0.39 is 0 Å². The zero-order valence-corrected chi connectivity index (χ0v) is 9.11. The fourth-order valence-electron chi connectivity index (χ4n) is 1.62. The Kier molecular flexibility index (Phi) is 2.07. The minimum absolute atomic E-state index is 0.112. The summed E-state index contributed by atoms with van der Waals surface area (Å²) in [5, 5.41) is 10.9. The van der Waals surface area contributed by atoms with Gasteiger partial charge in [0.25, 0.3) is 5.56 Å². The summed E-state index contributed by atoms with van der Waals surface area (Å²) in [5.41, 5.74) is 0.861. The Morgan fingerprint density at radius 3 is 2.81 bits per heavy atom. The van der Waals surface area contributed by atoms with Crippen LogP contribution in [0.3, 0.4) is 0 Å². The second-order valence-electron chi connectivity index (χ2n) is 3.87. The van der Waals surface area contributed by atoms with Crippen molar-refractivity contribution in [1.82, 2.24) is 20.0 Å². The highest BCUT2D eigenvalue weighted by molar-refractivity contribution is 6.29. The first-order valence-electron chi connectivity index (χ1n) is 5.05. The van der Waals surface area contributed by atoms with Crippen molar-refractivity contribution in [2.75, 3.05) is 0 Å². The molecule has 0 radical (unpaired) electrons. The van der Waals surface area contributed by atoms with E-state index in [0.29, 0.717) is 16.9 Å². The van der Waals surface area contributed by atoms with Gasteiger partial charge in [-0.25, -0.2) is 0 Å². The number of halogens is 1. The molecular formula is C10H9ClN4O. The van der Waals surface area contributed by atoms with Crippen molar-refractivity contribution in [3.63, 3.8) is 0 Å². The van der Waals surface area contributed by atoms with E-state index in [1.807, 2.05) is 0 Å². The van der Waals surface area contributed by atoms with Crippen LogP contribution < -0.4 is 5.56 Å². The van der Waals surface area contributed by atoms with Gasteiger partial charge >= 0.3 is 0 Å². The molecule has 1 N–H and O–H groups in total. The highest BCUT2D eigenvalue weighted by Gasteiger charge is 2.26. The molecular weight excluding hydrogens is 228 g/mol. The van der Waals surface area contributed by atoms with Crippen LogP contribution in [0, 0.1) is 0 Å². The van der Waals surface area contributed by atoms with Crippen LogP contribution in [0.1, 0.15) is 24.5 Å². The molecule has 1 aliphatic rings.